The van der Waals surface area contributed by atoms with Gasteiger partial charge in [-0.2, -0.15) is 11.8 Å². The summed E-state index contributed by atoms with van der Waals surface area (Å²) in [5.41, 5.74) is -0.627. The Balaban J connectivity index is 4.12. The van der Waals surface area contributed by atoms with Gasteiger partial charge in [-0.05, 0) is 38.9 Å². The number of carbonyl (C=O) groups is 2. The largest absolute Gasteiger partial charge is 0.480 e. The van der Waals surface area contributed by atoms with E-state index in [1.807, 2.05) is 0 Å². The lowest BCUT2D eigenvalue weighted by molar-refractivity contribution is -0.138. The first-order valence-corrected chi connectivity index (χ1v) is 7.57. The number of ether oxygens (including phenoxy) is 1. The lowest BCUT2D eigenvalue weighted by Gasteiger charge is -2.21. The summed E-state index contributed by atoms with van der Waals surface area (Å²) < 4.78 is 5.04. The predicted molar refractivity (Wildman–Crippen MR) is 77.6 cm³/mol. The normalized spacial score (nSPS) is 13.2. The molecule has 1 atom stereocenters. The molecule has 0 radical (unpaired) electrons. The Morgan fingerprint density at radius 3 is 2.32 bits per heavy atom. The van der Waals surface area contributed by atoms with Gasteiger partial charge in [-0.15, -0.1) is 0 Å². The third-order valence-corrected chi connectivity index (χ3v) is 3.21. The summed E-state index contributed by atoms with van der Waals surface area (Å²) in [4.78, 5) is 22.6. The first-order chi connectivity index (χ1) is 8.61. The van der Waals surface area contributed by atoms with E-state index in [-0.39, 0.29) is 0 Å². The number of carboxylic acids is 1. The van der Waals surface area contributed by atoms with Crippen LogP contribution in [0.2, 0.25) is 0 Å². The molecule has 19 heavy (non-hydrogen) atoms. The SMILES string of the molecule is CC(C)CCSCC(NC(=O)OC(C)(C)C)C(=O)O. The number of amides is 1. The van der Waals surface area contributed by atoms with Crippen molar-refractivity contribution in [1.82, 2.24) is 5.32 Å². The average Bonchev–Trinajstić information content (AvgIpc) is 2.19. The van der Waals surface area contributed by atoms with E-state index in [0.717, 1.165) is 12.2 Å². The standard InChI is InChI=1S/C13H25NO4S/c1-9(2)6-7-19-8-10(11(15)16)14-12(17)18-13(3,4)5/h9-10H,6-8H2,1-5H3,(H,14,17)(H,15,16). The van der Waals surface area contributed by atoms with Gasteiger partial charge >= 0.3 is 12.1 Å². The van der Waals surface area contributed by atoms with E-state index >= 15 is 0 Å². The molecule has 0 aromatic heterocycles. The molecule has 5 nitrogen and oxygen atoms in total. The molecule has 1 amide bonds. The van der Waals surface area contributed by atoms with E-state index in [0.29, 0.717) is 11.7 Å². The minimum absolute atomic E-state index is 0.349. The second-order valence-corrected chi connectivity index (χ2v) is 6.94. The maximum Gasteiger partial charge on any atom is 0.408 e. The van der Waals surface area contributed by atoms with Gasteiger partial charge in [-0.25, -0.2) is 9.59 Å². The molecule has 0 rings (SSSR count). The molecule has 112 valence electrons. The third kappa shape index (κ3) is 10.7. The van der Waals surface area contributed by atoms with Crippen molar-refractivity contribution >= 4 is 23.8 Å². The van der Waals surface area contributed by atoms with Crippen LogP contribution in [0, 0.1) is 5.92 Å². The zero-order chi connectivity index (χ0) is 15.1. The molecule has 0 heterocycles. The topological polar surface area (TPSA) is 75.6 Å². The van der Waals surface area contributed by atoms with E-state index in [9.17, 15) is 9.59 Å². The second kappa shape index (κ2) is 8.30. The van der Waals surface area contributed by atoms with Crippen LogP contribution in [0.4, 0.5) is 4.79 Å². The molecule has 0 spiro atoms. The van der Waals surface area contributed by atoms with Gasteiger partial charge in [0.05, 0.1) is 0 Å². The zero-order valence-electron chi connectivity index (χ0n) is 12.4. The summed E-state index contributed by atoms with van der Waals surface area (Å²) in [6.07, 6.45) is 0.341. The van der Waals surface area contributed by atoms with Gasteiger partial charge in [0.2, 0.25) is 0 Å². The zero-order valence-corrected chi connectivity index (χ0v) is 13.2. The minimum Gasteiger partial charge on any atom is -0.480 e. The lowest BCUT2D eigenvalue weighted by atomic mass is 10.2. The number of hydrogen-bond donors (Lipinski definition) is 2. The fraction of sp³-hybridized carbons (Fsp3) is 0.846. The molecule has 0 aliphatic carbocycles. The van der Waals surface area contributed by atoms with Crippen molar-refractivity contribution in [2.24, 2.45) is 5.92 Å². The Morgan fingerprint density at radius 1 is 1.32 bits per heavy atom. The highest BCUT2D eigenvalue weighted by atomic mass is 32.2. The van der Waals surface area contributed by atoms with Gasteiger partial charge in [0.1, 0.15) is 11.6 Å². The molecule has 0 bridgehead atoms. The van der Waals surface area contributed by atoms with Crippen molar-refractivity contribution in [3.05, 3.63) is 0 Å². The van der Waals surface area contributed by atoms with E-state index in [2.05, 4.69) is 19.2 Å². The highest BCUT2D eigenvalue weighted by molar-refractivity contribution is 7.99. The van der Waals surface area contributed by atoms with Crippen molar-refractivity contribution in [1.29, 1.82) is 0 Å². The molecule has 0 saturated carbocycles. The predicted octanol–water partition coefficient (Wildman–Crippen LogP) is 2.74. The van der Waals surface area contributed by atoms with Gasteiger partial charge < -0.3 is 15.2 Å². The quantitative estimate of drug-likeness (QED) is 0.705. The third-order valence-electron chi connectivity index (χ3n) is 2.11. The number of carbonyl (C=O) groups excluding carboxylic acids is 1. The maximum absolute atomic E-state index is 11.5. The summed E-state index contributed by atoms with van der Waals surface area (Å²) in [5, 5.41) is 11.4. The summed E-state index contributed by atoms with van der Waals surface area (Å²) in [5.74, 6) is 0.788. The molecule has 0 fully saturated rings. The molecule has 0 aliphatic rings. The van der Waals surface area contributed by atoms with Crippen LogP contribution >= 0.6 is 11.8 Å². The van der Waals surface area contributed by atoms with Crippen molar-refractivity contribution in [3.8, 4) is 0 Å². The van der Waals surface area contributed by atoms with Gasteiger partial charge in [0, 0.05) is 5.75 Å². The van der Waals surface area contributed by atoms with Gasteiger partial charge in [-0.3, -0.25) is 0 Å². The highest BCUT2D eigenvalue weighted by Crippen LogP contribution is 2.11. The van der Waals surface area contributed by atoms with Gasteiger partial charge in [-0.1, -0.05) is 13.8 Å². The second-order valence-electron chi connectivity index (χ2n) is 5.79. The molecular weight excluding hydrogens is 266 g/mol. The minimum atomic E-state index is -1.04. The van der Waals surface area contributed by atoms with Crippen LogP contribution in [-0.2, 0) is 9.53 Å². The van der Waals surface area contributed by atoms with Gasteiger partial charge in [0.15, 0.2) is 0 Å². The van der Waals surface area contributed by atoms with Crippen LogP contribution < -0.4 is 5.32 Å². The fourth-order valence-corrected chi connectivity index (χ4v) is 2.41. The summed E-state index contributed by atoms with van der Waals surface area (Å²) in [7, 11) is 0. The molecule has 2 N–H and O–H groups in total. The number of rotatable bonds is 7. The smallest absolute Gasteiger partial charge is 0.408 e. The Morgan fingerprint density at radius 2 is 1.89 bits per heavy atom. The molecule has 0 saturated heterocycles. The maximum atomic E-state index is 11.5. The van der Waals surface area contributed by atoms with Crippen molar-refractivity contribution in [2.75, 3.05) is 11.5 Å². The Kier molecular flexibility index (Phi) is 7.90. The molecule has 0 aromatic rings. The first-order valence-electron chi connectivity index (χ1n) is 6.42. The molecule has 0 aliphatic heterocycles. The summed E-state index contributed by atoms with van der Waals surface area (Å²) in [6, 6.07) is -0.910. The lowest BCUT2D eigenvalue weighted by Crippen LogP contribution is -2.45. The highest BCUT2D eigenvalue weighted by Gasteiger charge is 2.23. The first kappa shape index (κ1) is 18.1. The van der Waals surface area contributed by atoms with Crippen molar-refractivity contribution in [2.45, 2.75) is 52.7 Å². The van der Waals surface area contributed by atoms with Crippen LogP contribution in [0.1, 0.15) is 41.0 Å². The Hall–Kier alpha value is -0.910. The summed E-state index contributed by atoms with van der Waals surface area (Å²) >= 11 is 1.53. The molecule has 1 unspecified atom stereocenters. The molecule has 6 heteroatoms. The Labute approximate surface area is 119 Å². The molecule has 0 aromatic carbocycles. The van der Waals surface area contributed by atoms with E-state index < -0.39 is 23.7 Å². The monoisotopic (exact) mass is 291 g/mol. The van der Waals surface area contributed by atoms with Gasteiger partial charge in [0.25, 0.3) is 0 Å². The van der Waals surface area contributed by atoms with E-state index in [4.69, 9.17) is 9.84 Å². The number of nitrogens with one attached hydrogen (secondary N) is 1. The van der Waals surface area contributed by atoms with Crippen LogP contribution in [0.3, 0.4) is 0 Å². The molecular formula is C13H25NO4S. The van der Waals surface area contributed by atoms with Crippen molar-refractivity contribution < 1.29 is 19.4 Å². The number of alkyl carbamates (subject to hydrolysis) is 1. The number of thioether (sulfide) groups is 1. The Bertz CT molecular complexity index is 300. The van der Waals surface area contributed by atoms with Crippen LogP contribution in [0.15, 0.2) is 0 Å². The van der Waals surface area contributed by atoms with E-state index in [1.165, 1.54) is 11.8 Å². The van der Waals surface area contributed by atoms with Crippen LogP contribution in [-0.4, -0.2) is 40.3 Å². The van der Waals surface area contributed by atoms with E-state index in [1.54, 1.807) is 20.8 Å². The van der Waals surface area contributed by atoms with Crippen LogP contribution in [0.25, 0.3) is 0 Å². The number of hydrogen-bond acceptors (Lipinski definition) is 4. The number of aliphatic carboxylic acids is 1. The van der Waals surface area contributed by atoms with Crippen LogP contribution in [0.5, 0.6) is 0 Å². The number of carboxylic acid groups (broad SMARTS) is 1. The fourth-order valence-electron chi connectivity index (χ4n) is 1.14. The van der Waals surface area contributed by atoms with Crippen molar-refractivity contribution in [3.63, 3.8) is 0 Å². The average molecular weight is 291 g/mol. The summed E-state index contributed by atoms with van der Waals surface area (Å²) in [6.45, 7) is 9.45.